The number of carboxylic acid groups (broad SMARTS) is 7. The van der Waals surface area contributed by atoms with Gasteiger partial charge in [0.25, 0.3) is 0 Å². The summed E-state index contributed by atoms with van der Waals surface area (Å²) in [4.78, 5) is 120. The van der Waals surface area contributed by atoms with Crippen LogP contribution < -0.4 is 10.1 Å². The highest BCUT2D eigenvalue weighted by Crippen LogP contribution is 2.59. The van der Waals surface area contributed by atoms with Gasteiger partial charge in [-0.05, 0) is 104 Å². The number of hydrogen-bond donors (Lipinski definition) is 8. The van der Waals surface area contributed by atoms with Gasteiger partial charge in [-0.3, -0.25) is 38.4 Å². The monoisotopic (exact) mass is 1340 g/mol. The van der Waals surface area contributed by atoms with E-state index in [2.05, 4.69) is 26.1 Å². The molecule has 21 heteroatoms. The molecule has 96 heavy (non-hydrogen) atoms. The molecular formula is C75H101NO20. The van der Waals surface area contributed by atoms with Crippen molar-refractivity contribution in [2.45, 2.75) is 220 Å². The lowest BCUT2D eigenvalue weighted by Gasteiger charge is -2.32. The standard InChI is InChI=1S/C21H33NO3.C14H28O2.C11H12O5.C11H10O4.C10H10O4.C8H8O2/c1-2-3-4-5-6-7-8-9-10-11-12-13-20(23)22-19-16-14-18(15-17-19)21(24)25;1-13(2)11-9-7-5-3-4-6-8-10-12-14(15)16;12-8-3-7(9(13)14)11-4-5(16-10(11)15)1-2-6(8)11;1-8(12)15-10-5-2-9(3-6-10)4-7-11(13)14;11-9(12)6-8(10(13)14)7-4-2-1-3-5-7;1-6-4-2-3-5-7(6)8(9)10/h14-17H,2-13H2,1H3,(H,22,23)(H,24,25);13H,3-12H2,1-2H3,(H,15,16);5-7H,1-4H2,(H,13,14);2-7H,1H3,(H,13,14);1-5,8H,6H2,(H,11,12)(H,13,14);2-5H,1H3,(H,9,10)/t;;;;8-;/m....0./s1. The fraction of sp³-hybridized carbons (Fsp3) is 0.507. The summed E-state index contributed by atoms with van der Waals surface area (Å²) < 4.78 is 9.98. The maximum atomic E-state index is 11.9. The molecule has 4 aromatic carbocycles. The van der Waals surface area contributed by atoms with Crippen molar-refractivity contribution in [1.82, 2.24) is 0 Å². The number of anilines is 1. The van der Waals surface area contributed by atoms with Gasteiger partial charge in [-0.1, -0.05) is 197 Å². The minimum absolute atomic E-state index is 0.000927. The molecule has 1 heterocycles. The molecule has 3 fully saturated rings. The van der Waals surface area contributed by atoms with Crippen molar-refractivity contribution in [1.29, 1.82) is 0 Å². The van der Waals surface area contributed by atoms with E-state index in [9.17, 15) is 52.7 Å². The summed E-state index contributed by atoms with van der Waals surface area (Å²) >= 11 is 0. The smallest absolute Gasteiger partial charge is 0.335 e. The number of ketones is 1. The minimum atomic E-state index is -1.11. The molecule has 526 valence electrons. The molecule has 3 aliphatic rings. The second kappa shape index (κ2) is 47.0. The molecule has 1 aliphatic heterocycles. The fourth-order valence-electron chi connectivity index (χ4n) is 11.4. The maximum Gasteiger partial charge on any atom is 0.335 e. The molecule has 0 aromatic heterocycles. The highest BCUT2D eigenvalue weighted by Gasteiger charge is 2.68. The SMILES string of the molecule is CC(=O)Oc1ccc(C=CC(=O)O)cc1.CC(C)CCCCCCCCCCC(=O)O.CCCCCCCCCCCCCC(=O)Nc1ccc(C(=O)O)cc1.Cc1ccccc1C(=O)O.O=C(O)C1CC(=O)C2CCC3CC12C(=O)O3.O=C(O)C[C@H](C(=O)O)c1ccccc1. The Hall–Kier alpha value is -9.01. The predicted molar refractivity (Wildman–Crippen MR) is 364 cm³/mol. The van der Waals surface area contributed by atoms with Crippen LogP contribution in [0.4, 0.5) is 5.69 Å². The number of benzene rings is 4. The van der Waals surface area contributed by atoms with Gasteiger partial charge in [-0.25, -0.2) is 14.4 Å². The van der Waals surface area contributed by atoms with Crippen LogP contribution in [0.2, 0.25) is 0 Å². The summed E-state index contributed by atoms with van der Waals surface area (Å²) in [6.45, 7) is 9.90. The molecule has 4 unspecified atom stereocenters. The Labute approximate surface area is 564 Å². The summed E-state index contributed by atoms with van der Waals surface area (Å²) in [5, 5.41) is 63.6. The van der Waals surface area contributed by atoms with E-state index in [-0.39, 0.29) is 42.2 Å². The zero-order valence-electron chi connectivity index (χ0n) is 56.4. The summed E-state index contributed by atoms with van der Waals surface area (Å²) in [7, 11) is 0. The normalized spacial score (nSPS) is 16.5. The molecule has 8 N–H and O–H groups in total. The Morgan fingerprint density at radius 3 is 1.61 bits per heavy atom. The zero-order valence-corrected chi connectivity index (χ0v) is 56.4. The van der Waals surface area contributed by atoms with Crippen molar-refractivity contribution >= 4 is 77.2 Å². The van der Waals surface area contributed by atoms with Crippen molar-refractivity contribution in [3.8, 4) is 5.75 Å². The van der Waals surface area contributed by atoms with E-state index in [1.165, 1.54) is 128 Å². The number of aromatic carboxylic acids is 2. The molecule has 5 atom stereocenters. The Morgan fingerprint density at radius 1 is 0.615 bits per heavy atom. The third-order valence-electron chi connectivity index (χ3n) is 16.5. The molecule has 7 rings (SSSR count). The van der Waals surface area contributed by atoms with Crippen LogP contribution in [-0.4, -0.2) is 107 Å². The zero-order chi connectivity index (χ0) is 71.4. The molecule has 1 saturated heterocycles. The van der Waals surface area contributed by atoms with Gasteiger partial charge >= 0.3 is 53.7 Å². The van der Waals surface area contributed by atoms with Crippen LogP contribution in [0, 0.1) is 30.1 Å². The lowest BCUT2D eigenvalue weighted by atomic mass is 9.65. The molecule has 1 spiro atoms. The molecule has 4 aromatic rings. The van der Waals surface area contributed by atoms with Crippen LogP contribution in [0.3, 0.4) is 0 Å². The van der Waals surface area contributed by atoms with Crippen molar-refractivity contribution in [3.05, 3.63) is 137 Å². The van der Waals surface area contributed by atoms with Gasteiger partial charge in [0.1, 0.15) is 17.6 Å². The van der Waals surface area contributed by atoms with Crippen molar-refractivity contribution in [3.63, 3.8) is 0 Å². The van der Waals surface area contributed by atoms with Crippen LogP contribution in [0.1, 0.15) is 244 Å². The summed E-state index contributed by atoms with van der Waals surface area (Å²) in [6.07, 6.45) is 29.6. The van der Waals surface area contributed by atoms with Crippen molar-refractivity contribution in [2.24, 2.45) is 23.2 Å². The first kappa shape index (κ1) is 83.1. The average molecular weight is 1340 g/mol. The number of esters is 2. The quantitative estimate of drug-likeness (QED) is 0.00932. The second-order valence-corrected chi connectivity index (χ2v) is 24.7. The van der Waals surface area contributed by atoms with E-state index in [1.807, 2.05) is 6.07 Å². The number of amides is 1. The molecule has 2 bridgehead atoms. The Balaban J connectivity index is 0.000000400. The number of Topliss-reactive ketones (excluding diaryl/α,β-unsaturated/α-hetero) is 1. The fourth-order valence-corrected chi connectivity index (χ4v) is 11.4. The van der Waals surface area contributed by atoms with E-state index >= 15 is 0 Å². The van der Waals surface area contributed by atoms with Crippen LogP contribution >= 0.6 is 0 Å². The highest BCUT2D eigenvalue weighted by molar-refractivity contribution is 6.00. The van der Waals surface area contributed by atoms with Crippen LogP contribution in [0.15, 0.2) is 109 Å². The molecule has 21 nitrogen and oxygen atoms in total. The number of fused-ring (bicyclic) bond motifs is 1. The number of carboxylic acids is 7. The summed E-state index contributed by atoms with van der Waals surface area (Å²) in [5.74, 6) is -8.65. The number of unbranched alkanes of at least 4 members (excludes halogenated alkanes) is 17. The third kappa shape index (κ3) is 33.9. The van der Waals surface area contributed by atoms with Gasteiger partial charge in [-0.15, -0.1) is 0 Å². The second-order valence-electron chi connectivity index (χ2n) is 24.7. The number of aryl methyl sites for hydroxylation is 1. The number of nitrogens with one attached hydrogen (secondary N) is 1. The van der Waals surface area contributed by atoms with E-state index in [0.29, 0.717) is 54.7 Å². The van der Waals surface area contributed by atoms with E-state index in [4.69, 9.17) is 45.2 Å². The third-order valence-corrected chi connectivity index (χ3v) is 16.5. The largest absolute Gasteiger partial charge is 0.481 e. The first-order chi connectivity index (χ1) is 45.7. The van der Waals surface area contributed by atoms with Crippen LogP contribution in [0.5, 0.6) is 5.75 Å². The first-order valence-electron chi connectivity index (χ1n) is 33.5. The number of carbonyl (C=O) groups is 11. The number of hydrogen-bond acceptors (Lipinski definition) is 13. The van der Waals surface area contributed by atoms with Crippen molar-refractivity contribution in [2.75, 3.05) is 5.32 Å². The highest BCUT2D eigenvalue weighted by atomic mass is 16.6. The van der Waals surface area contributed by atoms with Gasteiger partial charge in [0.15, 0.2) is 0 Å². The van der Waals surface area contributed by atoms with Gasteiger partial charge in [0.05, 0.1) is 34.8 Å². The Bertz CT molecular complexity index is 3080. The molecule has 1 amide bonds. The van der Waals surface area contributed by atoms with Gasteiger partial charge in [0.2, 0.25) is 5.91 Å². The molecule has 0 radical (unpaired) electrons. The lowest BCUT2D eigenvalue weighted by molar-refractivity contribution is -0.158. The van der Waals surface area contributed by atoms with E-state index < -0.39 is 70.9 Å². The van der Waals surface area contributed by atoms with Crippen LogP contribution in [0.25, 0.3) is 6.08 Å². The number of carbonyl (C=O) groups excluding carboxylic acids is 4. The van der Waals surface area contributed by atoms with Crippen LogP contribution in [-0.2, 0) is 47.9 Å². The summed E-state index contributed by atoms with van der Waals surface area (Å²) in [6, 6.07) is 28.1. The van der Waals surface area contributed by atoms with Gasteiger partial charge < -0.3 is 50.5 Å². The average Bonchev–Trinajstić information content (AvgIpc) is 1.56. The Kier molecular flexibility index (Phi) is 40.7. The summed E-state index contributed by atoms with van der Waals surface area (Å²) in [5.41, 5.74) is 2.26. The predicted octanol–water partition coefficient (Wildman–Crippen LogP) is 15.8. The van der Waals surface area contributed by atoms with Gasteiger partial charge in [0, 0.05) is 50.3 Å². The van der Waals surface area contributed by atoms with Crippen molar-refractivity contribution < 1.29 is 98.0 Å². The molecule has 2 saturated carbocycles. The Morgan fingerprint density at radius 2 is 1.15 bits per heavy atom. The van der Waals surface area contributed by atoms with E-state index in [0.717, 1.165) is 48.8 Å². The number of rotatable bonds is 34. The lowest BCUT2D eigenvalue weighted by Crippen LogP contribution is -2.42. The molecular weight excluding hydrogens is 1230 g/mol. The first-order valence-corrected chi connectivity index (χ1v) is 33.5. The molecule has 2 aliphatic carbocycles. The minimum Gasteiger partial charge on any atom is -0.481 e. The van der Waals surface area contributed by atoms with E-state index in [1.54, 1.807) is 91.9 Å². The number of ether oxygens (including phenoxy) is 2. The number of aliphatic carboxylic acids is 5. The topological polar surface area (TPSA) is 360 Å². The maximum absolute atomic E-state index is 11.9. The van der Waals surface area contributed by atoms with Gasteiger partial charge in [-0.2, -0.15) is 0 Å².